The monoisotopic (exact) mass is 279 g/mol. The van der Waals surface area contributed by atoms with E-state index < -0.39 is 0 Å². The van der Waals surface area contributed by atoms with Gasteiger partial charge in [0, 0.05) is 16.1 Å². The molecule has 16 heavy (non-hydrogen) atoms. The van der Waals surface area contributed by atoms with Crippen molar-refractivity contribution in [1.82, 2.24) is 4.98 Å². The molecule has 0 amide bonds. The quantitative estimate of drug-likeness (QED) is 0.793. The van der Waals surface area contributed by atoms with Crippen LogP contribution in [0.4, 0.5) is 0 Å². The highest BCUT2D eigenvalue weighted by atomic mass is 79.9. The molecule has 0 spiro atoms. The molecule has 0 fully saturated rings. The van der Waals surface area contributed by atoms with Crippen molar-refractivity contribution in [3.05, 3.63) is 40.6 Å². The Morgan fingerprint density at radius 2 is 2.19 bits per heavy atom. The number of hydrogen-bond donors (Lipinski definition) is 0. The van der Waals surface area contributed by atoms with Crippen LogP contribution in [0.25, 0.3) is 10.8 Å². The lowest BCUT2D eigenvalue weighted by Gasteiger charge is -2.03. The van der Waals surface area contributed by atoms with Gasteiger partial charge in [-0.3, -0.25) is 0 Å². The van der Waals surface area contributed by atoms with E-state index in [1.807, 2.05) is 18.2 Å². The van der Waals surface area contributed by atoms with Crippen molar-refractivity contribution in [2.75, 3.05) is 6.61 Å². The number of rotatable bonds is 2. The maximum Gasteiger partial charge on any atom is 0.356 e. The van der Waals surface area contributed by atoms with Gasteiger partial charge in [-0.1, -0.05) is 22.0 Å². The Balaban J connectivity index is 2.46. The Hall–Kier alpha value is -1.42. The zero-order valence-corrected chi connectivity index (χ0v) is 10.3. The fourth-order valence-corrected chi connectivity index (χ4v) is 1.81. The molecule has 1 aromatic carbocycles. The Morgan fingerprint density at radius 1 is 1.38 bits per heavy atom. The summed E-state index contributed by atoms with van der Waals surface area (Å²) in [5.41, 5.74) is 0.340. The van der Waals surface area contributed by atoms with E-state index in [9.17, 15) is 4.79 Å². The summed E-state index contributed by atoms with van der Waals surface area (Å²) in [4.78, 5) is 15.5. The van der Waals surface area contributed by atoms with Gasteiger partial charge in [-0.2, -0.15) is 0 Å². The van der Waals surface area contributed by atoms with Crippen LogP contribution in [0, 0.1) is 0 Å². The third-order valence-corrected chi connectivity index (χ3v) is 2.66. The fraction of sp³-hybridized carbons (Fsp3) is 0.167. The van der Waals surface area contributed by atoms with Gasteiger partial charge in [0.2, 0.25) is 0 Å². The van der Waals surface area contributed by atoms with Gasteiger partial charge in [0.05, 0.1) is 6.61 Å². The van der Waals surface area contributed by atoms with Crippen molar-refractivity contribution in [3.63, 3.8) is 0 Å². The molecule has 0 radical (unpaired) electrons. The van der Waals surface area contributed by atoms with Gasteiger partial charge in [-0.25, -0.2) is 9.78 Å². The van der Waals surface area contributed by atoms with Crippen LogP contribution in [-0.2, 0) is 4.74 Å². The first-order chi connectivity index (χ1) is 7.70. The molecule has 0 bridgehead atoms. The Morgan fingerprint density at radius 3 is 2.94 bits per heavy atom. The summed E-state index contributed by atoms with van der Waals surface area (Å²) in [6.07, 6.45) is 1.67. The number of hydrogen-bond acceptors (Lipinski definition) is 3. The van der Waals surface area contributed by atoms with Gasteiger partial charge >= 0.3 is 5.97 Å². The molecule has 0 aliphatic heterocycles. The zero-order chi connectivity index (χ0) is 11.5. The first-order valence-electron chi connectivity index (χ1n) is 4.93. The summed E-state index contributed by atoms with van der Waals surface area (Å²) in [6.45, 7) is 2.13. The van der Waals surface area contributed by atoms with E-state index in [0.717, 1.165) is 15.2 Å². The number of ether oxygens (including phenoxy) is 1. The average molecular weight is 280 g/mol. The van der Waals surface area contributed by atoms with Crippen molar-refractivity contribution in [3.8, 4) is 0 Å². The van der Waals surface area contributed by atoms with Gasteiger partial charge in [0.1, 0.15) is 5.69 Å². The van der Waals surface area contributed by atoms with Crippen LogP contribution in [0.2, 0.25) is 0 Å². The van der Waals surface area contributed by atoms with E-state index in [2.05, 4.69) is 20.9 Å². The molecule has 2 rings (SSSR count). The highest BCUT2D eigenvalue weighted by molar-refractivity contribution is 9.10. The minimum absolute atomic E-state index is 0.340. The summed E-state index contributed by atoms with van der Waals surface area (Å²) in [7, 11) is 0. The lowest BCUT2D eigenvalue weighted by molar-refractivity contribution is 0.0520. The highest BCUT2D eigenvalue weighted by Gasteiger charge is 2.08. The molecule has 0 atom stereocenters. The van der Waals surface area contributed by atoms with Crippen LogP contribution in [0.1, 0.15) is 17.4 Å². The van der Waals surface area contributed by atoms with Crippen LogP contribution >= 0.6 is 15.9 Å². The smallest absolute Gasteiger partial charge is 0.356 e. The lowest BCUT2D eigenvalue weighted by atomic mass is 10.1. The molecule has 0 aliphatic rings. The minimum Gasteiger partial charge on any atom is -0.461 e. The zero-order valence-electron chi connectivity index (χ0n) is 8.74. The third-order valence-electron chi connectivity index (χ3n) is 2.17. The number of aromatic nitrogens is 1. The van der Waals surface area contributed by atoms with Crippen molar-refractivity contribution in [2.45, 2.75) is 6.92 Å². The molecule has 1 heterocycles. The van der Waals surface area contributed by atoms with Gasteiger partial charge in [0.15, 0.2) is 0 Å². The normalized spacial score (nSPS) is 10.4. The first-order valence-corrected chi connectivity index (χ1v) is 5.72. The second-order valence-electron chi connectivity index (χ2n) is 3.28. The largest absolute Gasteiger partial charge is 0.461 e. The summed E-state index contributed by atoms with van der Waals surface area (Å²) in [5, 5.41) is 1.96. The molecule has 0 saturated carbocycles. The molecule has 0 saturated heterocycles. The number of benzene rings is 1. The van der Waals surface area contributed by atoms with Crippen molar-refractivity contribution in [1.29, 1.82) is 0 Å². The van der Waals surface area contributed by atoms with E-state index >= 15 is 0 Å². The molecule has 3 nitrogen and oxygen atoms in total. The Labute approximate surface area is 102 Å². The maximum atomic E-state index is 11.5. The fourth-order valence-electron chi connectivity index (χ4n) is 1.43. The predicted octanol–water partition coefficient (Wildman–Crippen LogP) is 3.17. The highest BCUT2D eigenvalue weighted by Crippen LogP contribution is 2.19. The number of fused-ring (bicyclic) bond motifs is 1. The molecular weight excluding hydrogens is 270 g/mol. The third kappa shape index (κ3) is 2.22. The topological polar surface area (TPSA) is 39.2 Å². The Kier molecular flexibility index (Phi) is 3.19. The summed E-state index contributed by atoms with van der Waals surface area (Å²) >= 11 is 3.39. The van der Waals surface area contributed by atoms with Crippen LogP contribution < -0.4 is 0 Å². The number of carbonyl (C=O) groups excluding carboxylic acids is 1. The summed E-state index contributed by atoms with van der Waals surface area (Å²) in [6, 6.07) is 7.56. The number of pyridine rings is 1. The predicted molar refractivity (Wildman–Crippen MR) is 65.4 cm³/mol. The maximum absolute atomic E-state index is 11.5. The van der Waals surface area contributed by atoms with Crippen LogP contribution in [0.5, 0.6) is 0 Å². The van der Waals surface area contributed by atoms with Gasteiger partial charge in [-0.15, -0.1) is 0 Å². The number of carbonyl (C=O) groups is 1. The van der Waals surface area contributed by atoms with Crippen molar-refractivity contribution < 1.29 is 9.53 Å². The molecule has 0 unspecified atom stereocenters. The van der Waals surface area contributed by atoms with E-state index in [0.29, 0.717) is 12.3 Å². The minimum atomic E-state index is -0.385. The summed E-state index contributed by atoms with van der Waals surface area (Å²) in [5.74, 6) is -0.385. The van der Waals surface area contributed by atoms with E-state index in [4.69, 9.17) is 4.74 Å². The van der Waals surface area contributed by atoms with E-state index in [1.54, 1.807) is 19.2 Å². The molecule has 82 valence electrons. The first kappa shape index (κ1) is 11.1. The standard InChI is InChI=1S/C12H10BrNO2/c1-2-16-12(15)11-6-9-5-10(13)4-3-8(9)7-14-11/h3-7H,2H2,1H3. The van der Waals surface area contributed by atoms with Crippen molar-refractivity contribution in [2.24, 2.45) is 0 Å². The van der Waals surface area contributed by atoms with Gasteiger partial charge in [-0.05, 0) is 30.5 Å². The average Bonchev–Trinajstić information content (AvgIpc) is 2.28. The van der Waals surface area contributed by atoms with E-state index in [-0.39, 0.29) is 5.97 Å². The van der Waals surface area contributed by atoms with E-state index in [1.165, 1.54) is 0 Å². The van der Waals surface area contributed by atoms with Gasteiger partial charge in [0.25, 0.3) is 0 Å². The molecule has 0 aliphatic carbocycles. The molecule has 1 aromatic heterocycles. The SMILES string of the molecule is CCOC(=O)c1cc2cc(Br)ccc2cn1. The van der Waals surface area contributed by atoms with Crippen LogP contribution in [-0.4, -0.2) is 17.6 Å². The lowest BCUT2D eigenvalue weighted by Crippen LogP contribution is -2.06. The van der Waals surface area contributed by atoms with Crippen LogP contribution in [0.3, 0.4) is 0 Å². The van der Waals surface area contributed by atoms with Gasteiger partial charge < -0.3 is 4.74 Å². The molecular formula is C12H10BrNO2. The Bertz CT molecular complexity index is 540. The summed E-state index contributed by atoms with van der Waals surface area (Å²) < 4.78 is 5.87. The second kappa shape index (κ2) is 4.61. The molecule has 4 heteroatoms. The van der Waals surface area contributed by atoms with Crippen molar-refractivity contribution >= 4 is 32.7 Å². The number of esters is 1. The number of nitrogens with zero attached hydrogens (tertiary/aromatic N) is 1. The number of halogens is 1. The van der Waals surface area contributed by atoms with Crippen LogP contribution in [0.15, 0.2) is 34.9 Å². The second-order valence-corrected chi connectivity index (χ2v) is 4.20. The molecule has 0 N–H and O–H groups in total. The molecule has 2 aromatic rings.